The summed E-state index contributed by atoms with van der Waals surface area (Å²) in [7, 11) is 0. The van der Waals surface area contributed by atoms with E-state index in [4.69, 9.17) is 10.2 Å². The molecule has 0 saturated carbocycles. The van der Waals surface area contributed by atoms with E-state index in [1.165, 1.54) is 6.92 Å². The first kappa shape index (κ1) is 16.4. The molecule has 0 aliphatic carbocycles. The Kier molecular flexibility index (Phi) is 6.66. The third-order valence-corrected chi connectivity index (χ3v) is 1.64. The van der Waals surface area contributed by atoms with Crippen LogP contribution >= 0.6 is 0 Å². The molecule has 3 N–H and O–H groups in total. The predicted molar refractivity (Wildman–Crippen MR) is 64.5 cm³/mol. The Bertz CT molecular complexity index is 468. The highest BCUT2D eigenvalue weighted by Gasteiger charge is 2.11. The van der Waals surface area contributed by atoms with Gasteiger partial charge in [0.05, 0.1) is 6.61 Å². The number of carbonyl (C=O) groups excluding carboxylic acids is 3. The van der Waals surface area contributed by atoms with Crippen molar-refractivity contribution in [1.82, 2.24) is 0 Å². The lowest BCUT2D eigenvalue weighted by molar-refractivity contribution is -0.141. The molecule has 0 aliphatic heterocycles. The molecule has 0 aromatic heterocycles. The molecular weight excluding hydrogens is 256 g/mol. The zero-order chi connectivity index (χ0) is 15.0. The van der Waals surface area contributed by atoms with Crippen LogP contribution in [0.4, 0.5) is 0 Å². The molecule has 0 atom stereocenters. The average molecular weight is 270 g/mol. The van der Waals surface area contributed by atoms with Gasteiger partial charge in [0, 0.05) is 18.2 Å². The lowest BCUT2D eigenvalue weighted by Gasteiger charge is -1.99. The van der Waals surface area contributed by atoms with E-state index >= 15 is 0 Å². The quantitative estimate of drug-likeness (QED) is 0.285. The molecular formula is C12H14O7. The molecule has 0 fully saturated rings. The number of allylic oxidation sites excluding steroid dienone is 3. The van der Waals surface area contributed by atoms with Crippen LogP contribution in [-0.2, 0) is 19.1 Å². The summed E-state index contributed by atoms with van der Waals surface area (Å²) in [5, 5.41) is 27.5. The summed E-state index contributed by atoms with van der Waals surface area (Å²) in [6.07, 6.45) is 1.74. The molecule has 0 amide bonds. The van der Waals surface area contributed by atoms with E-state index in [2.05, 4.69) is 4.74 Å². The van der Waals surface area contributed by atoms with E-state index in [9.17, 15) is 19.5 Å². The molecule has 0 unspecified atom stereocenters. The van der Waals surface area contributed by atoms with Gasteiger partial charge in [-0.3, -0.25) is 9.59 Å². The number of aliphatic hydroxyl groups is 3. The van der Waals surface area contributed by atoms with Gasteiger partial charge in [0.15, 0.2) is 23.1 Å². The highest BCUT2D eigenvalue weighted by molar-refractivity contribution is 6.04. The van der Waals surface area contributed by atoms with Crippen molar-refractivity contribution in [1.29, 1.82) is 0 Å². The molecule has 0 saturated heterocycles. The number of ketones is 2. The molecule has 0 spiro atoms. The number of carbonyl (C=O) groups is 3. The van der Waals surface area contributed by atoms with E-state index in [-0.39, 0.29) is 6.61 Å². The topological polar surface area (TPSA) is 121 Å². The first-order valence-corrected chi connectivity index (χ1v) is 5.22. The van der Waals surface area contributed by atoms with Gasteiger partial charge in [-0.1, -0.05) is 0 Å². The fourth-order valence-electron chi connectivity index (χ4n) is 0.916. The SMILES string of the molecule is CCOC(=O)C(O)=CC(=O)C=C(O)C(O)=CC(C)=O. The van der Waals surface area contributed by atoms with Gasteiger partial charge >= 0.3 is 5.97 Å². The van der Waals surface area contributed by atoms with Gasteiger partial charge in [0.1, 0.15) is 0 Å². The summed E-state index contributed by atoms with van der Waals surface area (Å²) in [5.41, 5.74) is 0. The fourth-order valence-corrected chi connectivity index (χ4v) is 0.916. The standard InChI is InChI=1S/C12H14O7/c1-3-19-12(18)11(17)6-8(14)5-10(16)9(15)4-7(2)13/h4-6,15-17H,3H2,1-2H3. The molecule has 7 heteroatoms. The Balaban J connectivity index is 4.91. The largest absolute Gasteiger partial charge is 0.504 e. The Morgan fingerprint density at radius 3 is 1.89 bits per heavy atom. The second kappa shape index (κ2) is 7.70. The van der Waals surface area contributed by atoms with Crippen LogP contribution in [0, 0.1) is 0 Å². The van der Waals surface area contributed by atoms with E-state index in [0.29, 0.717) is 18.2 Å². The lowest BCUT2D eigenvalue weighted by atomic mass is 10.2. The second-order valence-corrected chi connectivity index (χ2v) is 3.32. The molecule has 0 aliphatic rings. The number of ether oxygens (including phenoxy) is 1. The van der Waals surface area contributed by atoms with Crippen molar-refractivity contribution in [2.45, 2.75) is 13.8 Å². The average Bonchev–Trinajstić information content (AvgIpc) is 2.27. The van der Waals surface area contributed by atoms with Gasteiger partial charge in [-0.15, -0.1) is 0 Å². The van der Waals surface area contributed by atoms with Crippen molar-refractivity contribution in [3.05, 3.63) is 35.5 Å². The number of hydrogen-bond donors (Lipinski definition) is 3. The van der Waals surface area contributed by atoms with Gasteiger partial charge in [0.25, 0.3) is 0 Å². The van der Waals surface area contributed by atoms with E-state index < -0.39 is 34.8 Å². The third-order valence-electron chi connectivity index (χ3n) is 1.64. The molecule has 19 heavy (non-hydrogen) atoms. The number of esters is 1. The minimum atomic E-state index is -1.09. The highest BCUT2D eigenvalue weighted by atomic mass is 16.5. The zero-order valence-electron chi connectivity index (χ0n) is 10.4. The molecule has 104 valence electrons. The fraction of sp³-hybridized carbons (Fsp3) is 0.250. The molecule has 0 bridgehead atoms. The minimum absolute atomic E-state index is 0.0220. The lowest BCUT2D eigenvalue weighted by Crippen LogP contribution is -2.08. The molecule has 0 radical (unpaired) electrons. The summed E-state index contributed by atoms with van der Waals surface area (Å²) in [6.45, 7) is 2.68. The second-order valence-electron chi connectivity index (χ2n) is 3.32. The van der Waals surface area contributed by atoms with E-state index in [0.717, 1.165) is 6.92 Å². The molecule has 7 nitrogen and oxygen atoms in total. The van der Waals surface area contributed by atoms with Crippen molar-refractivity contribution in [3.63, 3.8) is 0 Å². The third kappa shape index (κ3) is 6.67. The van der Waals surface area contributed by atoms with Gasteiger partial charge in [-0.2, -0.15) is 0 Å². The van der Waals surface area contributed by atoms with Crippen molar-refractivity contribution >= 4 is 17.5 Å². The van der Waals surface area contributed by atoms with Gasteiger partial charge in [-0.25, -0.2) is 4.79 Å². The van der Waals surface area contributed by atoms with Crippen LogP contribution in [0.5, 0.6) is 0 Å². The predicted octanol–water partition coefficient (Wildman–Crippen LogP) is 1.03. The number of aliphatic hydroxyl groups excluding tert-OH is 3. The Labute approximate surface area is 109 Å². The van der Waals surface area contributed by atoms with Gasteiger partial charge in [-0.05, 0) is 13.8 Å². The monoisotopic (exact) mass is 270 g/mol. The summed E-state index contributed by atoms with van der Waals surface area (Å²) in [4.78, 5) is 32.8. The van der Waals surface area contributed by atoms with Crippen LogP contribution in [0.1, 0.15) is 13.8 Å². The molecule has 0 aromatic rings. The first-order valence-electron chi connectivity index (χ1n) is 5.22. The van der Waals surface area contributed by atoms with Crippen molar-refractivity contribution in [2.24, 2.45) is 0 Å². The maximum atomic E-state index is 11.3. The zero-order valence-corrected chi connectivity index (χ0v) is 10.4. The Morgan fingerprint density at radius 2 is 1.42 bits per heavy atom. The first-order chi connectivity index (χ1) is 8.77. The minimum Gasteiger partial charge on any atom is -0.504 e. The smallest absolute Gasteiger partial charge is 0.373 e. The van der Waals surface area contributed by atoms with Crippen molar-refractivity contribution < 1.29 is 34.4 Å². The van der Waals surface area contributed by atoms with Crippen LogP contribution in [-0.4, -0.2) is 39.5 Å². The molecule has 0 rings (SSSR count). The molecule has 0 aromatic carbocycles. The van der Waals surface area contributed by atoms with Crippen LogP contribution < -0.4 is 0 Å². The van der Waals surface area contributed by atoms with Gasteiger partial charge in [0.2, 0.25) is 5.76 Å². The number of hydrogen-bond acceptors (Lipinski definition) is 7. The number of rotatable bonds is 6. The molecule has 0 heterocycles. The Hall–Kier alpha value is -2.57. The maximum absolute atomic E-state index is 11.3. The van der Waals surface area contributed by atoms with E-state index in [1.54, 1.807) is 0 Å². The summed E-state index contributed by atoms with van der Waals surface area (Å²) in [5.74, 6) is -5.20. The summed E-state index contributed by atoms with van der Waals surface area (Å²) >= 11 is 0. The van der Waals surface area contributed by atoms with Crippen molar-refractivity contribution in [3.8, 4) is 0 Å². The van der Waals surface area contributed by atoms with Gasteiger partial charge < -0.3 is 20.1 Å². The summed E-state index contributed by atoms with van der Waals surface area (Å²) < 4.78 is 4.41. The normalized spacial score (nSPS) is 13.1. The maximum Gasteiger partial charge on any atom is 0.373 e. The van der Waals surface area contributed by atoms with Crippen LogP contribution in [0.2, 0.25) is 0 Å². The van der Waals surface area contributed by atoms with E-state index in [1.807, 2.05) is 0 Å². The van der Waals surface area contributed by atoms with Crippen molar-refractivity contribution in [2.75, 3.05) is 6.61 Å². The summed E-state index contributed by atoms with van der Waals surface area (Å²) in [6, 6.07) is 0. The van der Waals surface area contributed by atoms with Crippen LogP contribution in [0.3, 0.4) is 0 Å². The Morgan fingerprint density at radius 1 is 0.947 bits per heavy atom. The van der Waals surface area contributed by atoms with Crippen LogP contribution in [0.25, 0.3) is 0 Å². The van der Waals surface area contributed by atoms with Crippen LogP contribution in [0.15, 0.2) is 35.5 Å². The highest BCUT2D eigenvalue weighted by Crippen LogP contribution is 2.04.